The largest absolute Gasteiger partial charge is 0.453 e. The number of nitrogens with one attached hydrogen (secondary N) is 3. The zero-order valence-corrected chi connectivity index (χ0v) is 28.7. The Kier molecular flexibility index (Phi) is 9.90. The number of urea groups is 1. The Bertz CT molecular complexity index is 1890. The number of amides is 4. The Morgan fingerprint density at radius 2 is 1.65 bits per heavy atom. The van der Waals surface area contributed by atoms with Gasteiger partial charge in [-0.15, -0.1) is 0 Å². The van der Waals surface area contributed by atoms with Crippen molar-refractivity contribution in [1.82, 2.24) is 40.0 Å². The zero-order chi connectivity index (χ0) is 34.7. The standard InChI is InChI=1S/C37H44N8O4/c1-6-43(4)37(48)45-20-8-9-30(45)33-38-22-29(41-33)26-16-13-24(14-17-26)11-12-25-15-18-27-28(21-25)40-34(39-27)31-10-7-19-44(31)35(46)32(23(2)3)42-36(47)49-5/h13-18,21-23,30-32H,6-10,19-20H2,1-5H3,(H,38,41)(H,39,40)(H,42,47)/t30-,31-,32-/m0/s1. The van der Waals surface area contributed by atoms with E-state index in [2.05, 4.69) is 32.1 Å². The minimum atomic E-state index is -0.682. The molecule has 2 aliphatic heterocycles. The molecule has 0 saturated carbocycles. The predicted octanol–water partition coefficient (Wildman–Crippen LogP) is 5.61. The minimum absolute atomic E-state index is 0.0385. The summed E-state index contributed by atoms with van der Waals surface area (Å²) < 4.78 is 4.75. The first-order valence-corrected chi connectivity index (χ1v) is 17.0. The van der Waals surface area contributed by atoms with Gasteiger partial charge >= 0.3 is 12.1 Å². The minimum Gasteiger partial charge on any atom is -0.453 e. The summed E-state index contributed by atoms with van der Waals surface area (Å²) in [7, 11) is 3.12. The average Bonchev–Trinajstić information content (AvgIpc) is 3.94. The van der Waals surface area contributed by atoms with Crippen LogP contribution in [0.3, 0.4) is 0 Å². The van der Waals surface area contributed by atoms with E-state index >= 15 is 0 Å². The molecule has 49 heavy (non-hydrogen) atoms. The van der Waals surface area contributed by atoms with Gasteiger partial charge in [-0.25, -0.2) is 19.6 Å². The zero-order valence-electron chi connectivity index (χ0n) is 28.7. The summed E-state index contributed by atoms with van der Waals surface area (Å²) in [5.41, 5.74) is 5.28. The number of nitrogens with zero attached hydrogens (tertiary/aromatic N) is 5. The smallest absolute Gasteiger partial charge is 0.407 e. The van der Waals surface area contributed by atoms with Crippen molar-refractivity contribution in [3.63, 3.8) is 0 Å². The van der Waals surface area contributed by atoms with E-state index < -0.39 is 12.1 Å². The topological polar surface area (TPSA) is 140 Å². The number of benzene rings is 2. The third-order valence-corrected chi connectivity index (χ3v) is 9.50. The summed E-state index contributed by atoms with van der Waals surface area (Å²) in [4.78, 5) is 60.0. The maximum atomic E-state index is 13.5. The highest BCUT2D eigenvalue weighted by molar-refractivity contribution is 5.86. The maximum Gasteiger partial charge on any atom is 0.407 e. The molecule has 0 spiro atoms. The first kappa shape index (κ1) is 33.6. The van der Waals surface area contributed by atoms with Crippen LogP contribution in [0.15, 0.2) is 48.7 Å². The van der Waals surface area contributed by atoms with Gasteiger partial charge in [0, 0.05) is 37.8 Å². The van der Waals surface area contributed by atoms with Crippen LogP contribution < -0.4 is 5.32 Å². The molecule has 2 aliphatic rings. The quantitative estimate of drug-likeness (QED) is 0.220. The number of carbonyl (C=O) groups is 3. The van der Waals surface area contributed by atoms with Crippen molar-refractivity contribution >= 4 is 29.1 Å². The van der Waals surface area contributed by atoms with Crippen LogP contribution in [0.2, 0.25) is 0 Å². The number of hydrogen-bond donors (Lipinski definition) is 3. The molecule has 3 atom stereocenters. The van der Waals surface area contributed by atoms with Crippen LogP contribution >= 0.6 is 0 Å². The molecule has 4 aromatic rings. The van der Waals surface area contributed by atoms with Gasteiger partial charge in [-0.05, 0) is 74.4 Å². The Balaban J connectivity index is 1.13. The number of alkyl carbamates (subject to hydrolysis) is 1. The molecule has 4 amide bonds. The van der Waals surface area contributed by atoms with Crippen molar-refractivity contribution in [1.29, 1.82) is 0 Å². The molecule has 6 rings (SSSR count). The van der Waals surface area contributed by atoms with Crippen LogP contribution in [0, 0.1) is 17.8 Å². The van der Waals surface area contributed by atoms with Gasteiger partial charge in [-0.1, -0.05) is 37.8 Å². The van der Waals surface area contributed by atoms with E-state index in [1.807, 2.05) is 86.3 Å². The number of hydrogen-bond acceptors (Lipinski definition) is 6. The molecular weight excluding hydrogens is 620 g/mol. The van der Waals surface area contributed by atoms with Crippen LogP contribution in [0.1, 0.15) is 81.3 Å². The molecule has 0 unspecified atom stereocenters. The summed E-state index contributed by atoms with van der Waals surface area (Å²) in [6.45, 7) is 7.78. The van der Waals surface area contributed by atoms with Crippen LogP contribution in [0.5, 0.6) is 0 Å². The lowest BCUT2D eigenvalue weighted by atomic mass is 10.0. The maximum absolute atomic E-state index is 13.5. The highest BCUT2D eigenvalue weighted by atomic mass is 16.5. The number of ether oxygens (including phenoxy) is 1. The number of methoxy groups -OCH3 is 1. The van der Waals surface area contributed by atoms with E-state index in [4.69, 9.17) is 9.72 Å². The van der Waals surface area contributed by atoms with Crippen molar-refractivity contribution in [3.05, 3.63) is 71.4 Å². The molecule has 0 aliphatic carbocycles. The monoisotopic (exact) mass is 664 g/mol. The van der Waals surface area contributed by atoms with Gasteiger partial charge in [0.2, 0.25) is 5.91 Å². The highest BCUT2D eigenvalue weighted by Gasteiger charge is 2.38. The molecule has 3 N–H and O–H groups in total. The molecule has 2 aromatic heterocycles. The number of aromatic nitrogens is 4. The lowest BCUT2D eigenvalue weighted by molar-refractivity contribution is -0.135. The molecule has 2 saturated heterocycles. The average molecular weight is 665 g/mol. The van der Waals surface area contributed by atoms with E-state index in [-0.39, 0.29) is 29.9 Å². The second-order valence-electron chi connectivity index (χ2n) is 13.1. The Labute approximate surface area is 286 Å². The van der Waals surface area contributed by atoms with E-state index in [1.165, 1.54) is 7.11 Å². The second kappa shape index (κ2) is 14.4. The molecule has 256 valence electrons. The van der Waals surface area contributed by atoms with Crippen molar-refractivity contribution in [2.45, 2.75) is 64.6 Å². The summed E-state index contributed by atoms with van der Waals surface area (Å²) in [5, 5.41) is 2.69. The molecular formula is C37H44N8O4. The van der Waals surface area contributed by atoms with Gasteiger partial charge in [0.25, 0.3) is 0 Å². The van der Waals surface area contributed by atoms with E-state index in [1.54, 1.807) is 4.90 Å². The normalized spacial score (nSPS) is 18.0. The summed E-state index contributed by atoms with van der Waals surface area (Å²) in [5.74, 6) is 7.83. The van der Waals surface area contributed by atoms with E-state index in [0.29, 0.717) is 13.1 Å². The molecule has 0 radical (unpaired) electrons. The molecule has 2 fully saturated rings. The first-order chi connectivity index (χ1) is 23.7. The van der Waals surface area contributed by atoms with Crippen LogP contribution in [0.4, 0.5) is 9.59 Å². The van der Waals surface area contributed by atoms with E-state index in [9.17, 15) is 14.4 Å². The number of fused-ring (bicyclic) bond motifs is 1. The fourth-order valence-corrected chi connectivity index (χ4v) is 6.62. The number of rotatable bonds is 7. The van der Waals surface area contributed by atoms with Crippen LogP contribution in [-0.4, -0.2) is 92.5 Å². The van der Waals surface area contributed by atoms with Gasteiger partial charge in [-0.3, -0.25) is 4.79 Å². The van der Waals surface area contributed by atoms with Crippen molar-refractivity contribution < 1.29 is 19.1 Å². The summed E-state index contributed by atoms with van der Waals surface area (Å²) in [6.07, 6.45) is 4.70. The number of H-pyrrole nitrogens is 2. The molecule has 0 bridgehead atoms. The van der Waals surface area contributed by atoms with E-state index in [0.717, 1.165) is 77.3 Å². The third kappa shape index (κ3) is 7.11. The van der Waals surface area contributed by atoms with Gasteiger partial charge < -0.3 is 34.7 Å². The number of likely N-dealkylation sites (tertiary alicyclic amines) is 2. The molecule has 12 nitrogen and oxygen atoms in total. The number of carbonyl (C=O) groups excluding carboxylic acids is 3. The van der Waals surface area contributed by atoms with Crippen LogP contribution in [0.25, 0.3) is 22.3 Å². The number of imidazole rings is 2. The first-order valence-electron chi connectivity index (χ1n) is 17.0. The summed E-state index contributed by atoms with van der Waals surface area (Å²) >= 11 is 0. The highest BCUT2D eigenvalue weighted by Crippen LogP contribution is 2.34. The lowest BCUT2D eigenvalue weighted by Crippen LogP contribution is -2.51. The predicted molar refractivity (Wildman–Crippen MR) is 186 cm³/mol. The second-order valence-corrected chi connectivity index (χ2v) is 13.1. The Morgan fingerprint density at radius 1 is 0.980 bits per heavy atom. The van der Waals surface area contributed by atoms with Crippen LogP contribution in [-0.2, 0) is 9.53 Å². The van der Waals surface area contributed by atoms with Gasteiger partial charge in [-0.2, -0.15) is 0 Å². The molecule has 4 heterocycles. The third-order valence-electron chi connectivity index (χ3n) is 9.50. The lowest BCUT2D eigenvalue weighted by Gasteiger charge is -2.29. The summed E-state index contributed by atoms with van der Waals surface area (Å²) in [6, 6.07) is 13.0. The fourth-order valence-electron chi connectivity index (χ4n) is 6.62. The molecule has 12 heteroatoms. The number of aromatic amines is 2. The van der Waals surface area contributed by atoms with Crippen molar-refractivity contribution in [2.24, 2.45) is 5.92 Å². The Morgan fingerprint density at radius 3 is 2.35 bits per heavy atom. The Hall–Kier alpha value is -5.31. The van der Waals surface area contributed by atoms with Gasteiger partial charge in [0.1, 0.15) is 17.7 Å². The van der Waals surface area contributed by atoms with Crippen molar-refractivity contribution in [3.8, 4) is 23.1 Å². The van der Waals surface area contributed by atoms with Gasteiger partial charge in [0.15, 0.2) is 0 Å². The SMILES string of the molecule is CCN(C)C(=O)N1CCC[C@H]1c1ncc(-c2ccc(C#Cc3ccc4nc([C@@H]5CCCN5C(=O)[C@@H](NC(=O)OC)C(C)C)[nH]c4c3)cc2)[nH]1. The molecule has 2 aromatic carbocycles. The fraction of sp³-hybridized carbons (Fsp3) is 0.432. The van der Waals surface area contributed by atoms with Gasteiger partial charge in [0.05, 0.1) is 42.1 Å². The van der Waals surface area contributed by atoms with Crippen molar-refractivity contribution in [2.75, 3.05) is 33.8 Å².